The maximum Gasteiger partial charge on any atom is 0.0830 e. The van der Waals surface area contributed by atoms with Gasteiger partial charge in [-0.1, -0.05) is 96.8 Å². The van der Waals surface area contributed by atoms with Crippen molar-refractivity contribution in [3.05, 3.63) is 0 Å². The number of hydrogen-bond donors (Lipinski definition) is 0. The summed E-state index contributed by atoms with van der Waals surface area (Å²) in [6.45, 7) is 13.2. The van der Waals surface area contributed by atoms with Crippen molar-refractivity contribution in [1.29, 1.82) is 0 Å². The Kier molecular flexibility index (Phi) is 14.0. The molecule has 0 saturated carbocycles. The van der Waals surface area contributed by atoms with Gasteiger partial charge >= 0.3 is 0 Å². The summed E-state index contributed by atoms with van der Waals surface area (Å²) in [5, 5.41) is 14.0. The molecule has 0 aromatic rings. The minimum Gasteiger partial charge on any atom is -0.328 e. The number of quaternary nitrogens is 1. The molecule has 1 aliphatic heterocycles. The molecule has 1 saturated heterocycles. The summed E-state index contributed by atoms with van der Waals surface area (Å²) < 4.78 is 1.05. The quantitative estimate of drug-likeness (QED) is 0.142. The van der Waals surface area contributed by atoms with Crippen LogP contribution in [0.2, 0.25) is 0 Å². The highest BCUT2D eigenvalue weighted by atomic mass is 16.5. The van der Waals surface area contributed by atoms with Gasteiger partial charge < -0.3 is 4.48 Å². The first-order valence-electron chi connectivity index (χ1n) is 14.3. The second-order valence-electron chi connectivity index (χ2n) is 12.8. The molecule has 1 atom stereocenters. The van der Waals surface area contributed by atoms with Crippen LogP contribution in [-0.2, 0) is 5.21 Å². The second-order valence-corrected chi connectivity index (χ2v) is 12.8. The zero-order valence-corrected chi connectivity index (χ0v) is 23.3. The Bertz CT molecular complexity index is 472. The van der Waals surface area contributed by atoms with Gasteiger partial charge in [0.05, 0.1) is 32.7 Å². The number of nitrogens with zero attached hydrogens (tertiary/aromatic N) is 2. The van der Waals surface area contributed by atoms with E-state index in [1.165, 1.54) is 114 Å². The number of unbranched alkanes of at least 4 members (excludes halogenated alkanes) is 15. The third-order valence-corrected chi connectivity index (χ3v) is 8.15. The van der Waals surface area contributed by atoms with Gasteiger partial charge in [-0.3, -0.25) is 0 Å². The van der Waals surface area contributed by atoms with E-state index in [0.717, 1.165) is 17.4 Å². The highest BCUT2D eigenvalue weighted by Crippen LogP contribution is 2.44. The smallest absolute Gasteiger partial charge is 0.0830 e. The Balaban J connectivity index is 1.98. The van der Waals surface area contributed by atoms with E-state index in [0.29, 0.717) is 5.92 Å². The van der Waals surface area contributed by atoms with Crippen LogP contribution in [0.1, 0.15) is 144 Å². The summed E-state index contributed by atoms with van der Waals surface area (Å²) in [4.78, 5) is 0. The van der Waals surface area contributed by atoms with E-state index in [-0.39, 0.29) is 11.1 Å². The van der Waals surface area contributed by atoms with E-state index in [9.17, 15) is 5.21 Å². The van der Waals surface area contributed by atoms with Gasteiger partial charge in [0.15, 0.2) is 0 Å². The molecule has 0 aromatic carbocycles. The van der Waals surface area contributed by atoms with E-state index >= 15 is 0 Å². The standard InChI is InChI=1S/C29H60N2O/c1-8-9-10-11-12-13-14-15-16-17-18-19-20-21-22-23-24-31(6,7)26-27-25-28(2,3)30(32)29(27,4)5/h27H,8-26H2,1-7H3/q+1. The van der Waals surface area contributed by atoms with Crippen LogP contribution in [0.25, 0.3) is 0 Å². The third kappa shape index (κ3) is 11.3. The van der Waals surface area contributed by atoms with Crippen LogP contribution >= 0.6 is 0 Å². The molecule has 1 rings (SSSR count). The molecular weight excluding hydrogens is 392 g/mol. The molecule has 1 unspecified atom stereocenters. The molecule has 1 aliphatic rings. The van der Waals surface area contributed by atoms with Gasteiger partial charge in [0.25, 0.3) is 0 Å². The fourth-order valence-electron chi connectivity index (χ4n) is 5.95. The van der Waals surface area contributed by atoms with Crippen LogP contribution < -0.4 is 0 Å². The maximum absolute atomic E-state index is 12.7. The molecule has 0 aromatic heterocycles. The molecule has 0 spiro atoms. The Labute approximate surface area is 202 Å². The van der Waals surface area contributed by atoms with Crippen molar-refractivity contribution in [2.75, 3.05) is 27.2 Å². The molecule has 1 radical (unpaired) electrons. The lowest BCUT2D eigenvalue weighted by Gasteiger charge is -2.38. The normalized spacial score (nSPS) is 20.8. The zero-order chi connectivity index (χ0) is 24.1. The van der Waals surface area contributed by atoms with Crippen LogP contribution in [0.15, 0.2) is 0 Å². The summed E-state index contributed by atoms with van der Waals surface area (Å²) in [7, 11) is 4.73. The van der Waals surface area contributed by atoms with Crippen molar-refractivity contribution in [2.45, 2.75) is 155 Å². The predicted molar refractivity (Wildman–Crippen MR) is 140 cm³/mol. The van der Waals surface area contributed by atoms with Gasteiger partial charge in [0, 0.05) is 11.5 Å². The summed E-state index contributed by atoms with van der Waals surface area (Å²) in [6, 6.07) is 0. The van der Waals surface area contributed by atoms with E-state index in [1.807, 2.05) is 0 Å². The van der Waals surface area contributed by atoms with Gasteiger partial charge in [-0.25, -0.2) is 0 Å². The van der Waals surface area contributed by atoms with E-state index in [1.54, 1.807) is 0 Å². The van der Waals surface area contributed by atoms with Gasteiger partial charge in [0.2, 0.25) is 0 Å². The zero-order valence-electron chi connectivity index (χ0n) is 23.3. The van der Waals surface area contributed by atoms with Crippen LogP contribution in [-0.4, -0.2) is 47.8 Å². The Morgan fingerprint density at radius 3 is 1.41 bits per heavy atom. The minimum absolute atomic E-state index is 0.220. The van der Waals surface area contributed by atoms with E-state index in [2.05, 4.69) is 48.7 Å². The lowest BCUT2D eigenvalue weighted by atomic mass is 9.86. The first-order valence-corrected chi connectivity index (χ1v) is 14.3. The first kappa shape index (κ1) is 29.9. The van der Waals surface area contributed by atoms with E-state index < -0.39 is 0 Å². The first-order chi connectivity index (χ1) is 15.0. The summed E-state index contributed by atoms with van der Waals surface area (Å²) in [5.74, 6) is 0.478. The molecule has 3 nitrogen and oxygen atoms in total. The van der Waals surface area contributed by atoms with Crippen molar-refractivity contribution < 1.29 is 9.69 Å². The lowest BCUT2D eigenvalue weighted by molar-refractivity contribution is -0.894. The number of rotatable bonds is 19. The van der Waals surface area contributed by atoms with Gasteiger partial charge in [-0.05, 0) is 47.0 Å². The molecular formula is C29H60N2O+. The highest BCUT2D eigenvalue weighted by Gasteiger charge is 2.54. The maximum atomic E-state index is 12.7. The Morgan fingerprint density at radius 1 is 0.688 bits per heavy atom. The number of hydrogen-bond acceptors (Lipinski definition) is 1. The van der Waals surface area contributed by atoms with Crippen molar-refractivity contribution in [3.8, 4) is 0 Å². The van der Waals surface area contributed by atoms with Gasteiger partial charge in [0.1, 0.15) is 0 Å². The molecule has 0 aliphatic carbocycles. The molecule has 1 fully saturated rings. The fraction of sp³-hybridized carbons (Fsp3) is 1.00. The SMILES string of the molecule is CCCCCCCCCCCCCCCCCC[N+](C)(C)CC1CC(C)(C)N([O])C1(C)C. The van der Waals surface area contributed by atoms with Crippen LogP contribution in [0.3, 0.4) is 0 Å². The second kappa shape index (κ2) is 15.0. The van der Waals surface area contributed by atoms with Crippen molar-refractivity contribution >= 4 is 0 Å². The lowest BCUT2D eigenvalue weighted by Crippen LogP contribution is -2.51. The van der Waals surface area contributed by atoms with Crippen molar-refractivity contribution in [2.24, 2.45) is 5.92 Å². The molecule has 0 bridgehead atoms. The average Bonchev–Trinajstić information content (AvgIpc) is 2.86. The van der Waals surface area contributed by atoms with Gasteiger partial charge in [-0.15, -0.1) is 10.3 Å². The molecule has 1 heterocycles. The predicted octanol–water partition coefficient (Wildman–Crippen LogP) is 8.55. The van der Waals surface area contributed by atoms with Crippen LogP contribution in [0, 0.1) is 5.92 Å². The molecule has 3 heteroatoms. The van der Waals surface area contributed by atoms with Crippen LogP contribution in [0.4, 0.5) is 0 Å². The third-order valence-electron chi connectivity index (χ3n) is 8.15. The largest absolute Gasteiger partial charge is 0.328 e. The van der Waals surface area contributed by atoms with Crippen molar-refractivity contribution in [1.82, 2.24) is 5.06 Å². The van der Waals surface area contributed by atoms with Crippen molar-refractivity contribution in [3.63, 3.8) is 0 Å². The highest BCUT2D eigenvalue weighted by molar-refractivity contribution is 5.01. The molecule has 0 amide bonds. The molecule has 191 valence electrons. The van der Waals surface area contributed by atoms with Crippen LogP contribution in [0.5, 0.6) is 0 Å². The fourth-order valence-corrected chi connectivity index (χ4v) is 5.95. The number of hydroxylamine groups is 2. The average molecular weight is 453 g/mol. The molecule has 32 heavy (non-hydrogen) atoms. The summed E-state index contributed by atoms with van der Waals surface area (Å²) in [6.07, 6.45) is 23.8. The van der Waals surface area contributed by atoms with Gasteiger partial charge in [-0.2, -0.15) is 0 Å². The minimum atomic E-state index is -0.242. The summed E-state index contributed by atoms with van der Waals surface area (Å²) in [5.41, 5.74) is -0.462. The monoisotopic (exact) mass is 452 g/mol. The Hall–Kier alpha value is -0.120. The topological polar surface area (TPSA) is 23.1 Å². The molecule has 0 N–H and O–H groups in total. The Morgan fingerprint density at radius 2 is 1.06 bits per heavy atom. The summed E-state index contributed by atoms with van der Waals surface area (Å²) >= 11 is 0. The van der Waals surface area contributed by atoms with E-state index in [4.69, 9.17) is 0 Å².